The van der Waals surface area contributed by atoms with Crippen molar-refractivity contribution < 1.29 is 14.0 Å². The van der Waals surface area contributed by atoms with Gasteiger partial charge in [-0.15, -0.1) is 0 Å². The van der Waals surface area contributed by atoms with E-state index in [2.05, 4.69) is 21.1 Å². The van der Waals surface area contributed by atoms with Crippen LogP contribution < -0.4 is 4.74 Å². The fourth-order valence-electron chi connectivity index (χ4n) is 1.51. The van der Waals surface area contributed by atoms with Gasteiger partial charge in [-0.05, 0) is 40.5 Å². The Morgan fingerprint density at radius 3 is 2.83 bits per heavy atom. The van der Waals surface area contributed by atoms with Crippen molar-refractivity contribution in [3.05, 3.63) is 45.8 Å². The first-order valence-electron chi connectivity index (χ1n) is 5.51. The van der Waals surface area contributed by atoms with Gasteiger partial charge in [0.2, 0.25) is 0 Å². The van der Waals surface area contributed by atoms with Crippen LogP contribution in [0.1, 0.15) is 17.0 Å². The molecule has 5 heteroatoms. The van der Waals surface area contributed by atoms with Gasteiger partial charge in [-0.3, -0.25) is 0 Å². The number of rotatable bonds is 5. The lowest BCUT2D eigenvalue weighted by molar-refractivity contribution is 0.155. The summed E-state index contributed by atoms with van der Waals surface area (Å²) in [5.74, 6) is 1.48. The molecule has 96 valence electrons. The number of halogens is 1. The predicted molar refractivity (Wildman–Crippen MR) is 70.4 cm³/mol. The largest absolute Gasteiger partial charge is 0.486 e. The normalized spacial score (nSPS) is 10.6. The topological polar surface area (TPSA) is 44.5 Å². The zero-order valence-electron chi connectivity index (χ0n) is 10.3. The summed E-state index contributed by atoms with van der Waals surface area (Å²) in [5.41, 5.74) is 1.92. The van der Waals surface area contributed by atoms with Crippen LogP contribution in [-0.2, 0) is 18.0 Å². The van der Waals surface area contributed by atoms with Gasteiger partial charge in [-0.2, -0.15) is 0 Å². The van der Waals surface area contributed by atoms with Crippen LogP contribution in [0.2, 0.25) is 0 Å². The minimum Gasteiger partial charge on any atom is -0.486 e. The minimum absolute atomic E-state index is 0.370. The van der Waals surface area contributed by atoms with Crippen molar-refractivity contribution in [3.63, 3.8) is 0 Å². The Morgan fingerprint density at radius 2 is 2.11 bits per heavy atom. The number of nitrogens with zero attached hydrogens (tertiary/aromatic N) is 1. The quantitative estimate of drug-likeness (QED) is 0.848. The van der Waals surface area contributed by atoms with Gasteiger partial charge in [-0.25, -0.2) is 0 Å². The van der Waals surface area contributed by atoms with Crippen molar-refractivity contribution in [1.82, 2.24) is 5.16 Å². The molecule has 0 spiro atoms. The van der Waals surface area contributed by atoms with E-state index in [1.54, 1.807) is 7.11 Å². The lowest BCUT2D eigenvalue weighted by Gasteiger charge is -2.06. The Balaban J connectivity index is 1.97. The number of aryl methyl sites for hydroxylation is 1. The van der Waals surface area contributed by atoms with Gasteiger partial charge in [0.25, 0.3) is 0 Å². The zero-order chi connectivity index (χ0) is 13.0. The van der Waals surface area contributed by atoms with Gasteiger partial charge in [-0.1, -0.05) is 11.2 Å². The molecule has 0 fully saturated rings. The van der Waals surface area contributed by atoms with E-state index in [0.717, 1.165) is 15.9 Å². The van der Waals surface area contributed by atoms with Gasteiger partial charge in [0.1, 0.15) is 24.7 Å². The molecule has 1 aromatic heterocycles. The van der Waals surface area contributed by atoms with Gasteiger partial charge in [0, 0.05) is 13.2 Å². The van der Waals surface area contributed by atoms with E-state index in [-0.39, 0.29) is 0 Å². The molecule has 0 aliphatic heterocycles. The lowest BCUT2D eigenvalue weighted by Crippen LogP contribution is -1.96. The van der Waals surface area contributed by atoms with Crippen LogP contribution in [0.15, 0.2) is 33.3 Å². The molecule has 2 aromatic rings. The van der Waals surface area contributed by atoms with Crippen molar-refractivity contribution in [3.8, 4) is 5.75 Å². The summed E-state index contributed by atoms with van der Waals surface area (Å²) in [5, 5.41) is 3.90. The molecule has 0 radical (unpaired) electrons. The Kier molecular flexibility index (Phi) is 4.38. The van der Waals surface area contributed by atoms with Gasteiger partial charge >= 0.3 is 0 Å². The second-order valence-electron chi connectivity index (χ2n) is 3.94. The van der Waals surface area contributed by atoms with Crippen molar-refractivity contribution in [1.29, 1.82) is 0 Å². The lowest BCUT2D eigenvalue weighted by atomic mass is 10.2. The molecule has 1 heterocycles. The first-order valence-corrected chi connectivity index (χ1v) is 6.30. The monoisotopic (exact) mass is 311 g/mol. The highest BCUT2D eigenvalue weighted by molar-refractivity contribution is 9.10. The van der Waals surface area contributed by atoms with Gasteiger partial charge in [0.05, 0.1) is 4.47 Å². The second-order valence-corrected chi connectivity index (χ2v) is 4.79. The highest BCUT2D eigenvalue weighted by atomic mass is 79.9. The SMILES string of the molecule is COCc1cc(COc2ccc(C)cc2Br)no1. The maximum absolute atomic E-state index is 5.66. The molecule has 0 atom stereocenters. The summed E-state index contributed by atoms with van der Waals surface area (Å²) >= 11 is 3.46. The number of hydrogen-bond acceptors (Lipinski definition) is 4. The molecule has 0 saturated carbocycles. The van der Waals surface area contributed by atoms with Crippen LogP contribution in [0.25, 0.3) is 0 Å². The highest BCUT2D eigenvalue weighted by Crippen LogP contribution is 2.26. The summed E-state index contributed by atoms with van der Waals surface area (Å²) in [7, 11) is 1.61. The minimum atomic E-state index is 0.370. The van der Waals surface area contributed by atoms with Gasteiger partial charge in [0.15, 0.2) is 5.76 Å². The average molecular weight is 312 g/mol. The number of aromatic nitrogens is 1. The molecule has 0 N–H and O–H groups in total. The van der Waals surface area contributed by atoms with Crippen molar-refractivity contribution in [2.75, 3.05) is 7.11 Å². The Labute approximate surface area is 114 Å². The van der Waals surface area contributed by atoms with Crippen LogP contribution >= 0.6 is 15.9 Å². The Morgan fingerprint density at radius 1 is 1.28 bits per heavy atom. The third-order valence-electron chi connectivity index (χ3n) is 2.36. The molecule has 2 rings (SSSR count). The maximum atomic E-state index is 5.66. The standard InChI is InChI=1S/C13H14BrNO3/c1-9-3-4-13(12(14)5-9)17-7-10-6-11(8-16-2)18-15-10/h3-6H,7-8H2,1-2H3. The molecule has 0 unspecified atom stereocenters. The van der Waals surface area contributed by atoms with Crippen LogP contribution in [0, 0.1) is 6.92 Å². The number of hydrogen-bond donors (Lipinski definition) is 0. The molecule has 4 nitrogen and oxygen atoms in total. The maximum Gasteiger partial charge on any atom is 0.162 e. The summed E-state index contributed by atoms with van der Waals surface area (Å²) in [6.45, 7) is 2.82. The number of ether oxygens (including phenoxy) is 2. The molecule has 1 aromatic carbocycles. The Bertz CT molecular complexity index is 525. The highest BCUT2D eigenvalue weighted by Gasteiger charge is 2.06. The van der Waals surface area contributed by atoms with E-state index in [0.29, 0.717) is 19.0 Å². The van der Waals surface area contributed by atoms with Crippen molar-refractivity contribution in [2.24, 2.45) is 0 Å². The average Bonchev–Trinajstić information content (AvgIpc) is 2.76. The second kappa shape index (κ2) is 6.02. The fraction of sp³-hybridized carbons (Fsp3) is 0.308. The zero-order valence-corrected chi connectivity index (χ0v) is 11.9. The van der Waals surface area contributed by atoms with E-state index in [1.165, 1.54) is 5.56 Å². The van der Waals surface area contributed by atoms with Crippen molar-refractivity contribution in [2.45, 2.75) is 20.1 Å². The summed E-state index contributed by atoms with van der Waals surface area (Å²) in [4.78, 5) is 0. The molecular weight excluding hydrogens is 298 g/mol. The molecule has 0 saturated heterocycles. The van der Waals surface area contributed by atoms with Crippen LogP contribution in [0.5, 0.6) is 5.75 Å². The van der Waals surface area contributed by atoms with Crippen LogP contribution in [0.3, 0.4) is 0 Å². The smallest absolute Gasteiger partial charge is 0.162 e. The number of methoxy groups -OCH3 is 1. The summed E-state index contributed by atoms with van der Waals surface area (Å²) in [6, 6.07) is 7.76. The first kappa shape index (κ1) is 13.1. The van der Waals surface area contributed by atoms with Crippen molar-refractivity contribution >= 4 is 15.9 Å². The summed E-state index contributed by atoms with van der Waals surface area (Å²) < 4.78 is 16.6. The van der Waals surface area contributed by atoms with E-state index in [4.69, 9.17) is 14.0 Å². The molecule has 18 heavy (non-hydrogen) atoms. The molecule has 0 amide bonds. The molecule has 0 bridgehead atoms. The molecule has 0 aliphatic carbocycles. The third-order valence-corrected chi connectivity index (χ3v) is 2.98. The fourth-order valence-corrected chi connectivity index (χ4v) is 2.12. The van der Waals surface area contributed by atoms with Crippen LogP contribution in [0.4, 0.5) is 0 Å². The van der Waals surface area contributed by atoms with E-state index < -0.39 is 0 Å². The van der Waals surface area contributed by atoms with Crippen LogP contribution in [-0.4, -0.2) is 12.3 Å². The van der Waals surface area contributed by atoms with E-state index in [1.807, 2.05) is 31.2 Å². The third kappa shape index (κ3) is 3.34. The van der Waals surface area contributed by atoms with E-state index >= 15 is 0 Å². The van der Waals surface area contributed by atoms with Gasteiger partial charge < -0.3 is 14.0 Å². The Hall–Kier alpha value is -1.33. The summed E-state index contributed by atoms with van der Waals surface area (Å²) in [6.07, 6.45) is 0. The predicted octanol–water partition coefficient (Wildman–Crippen LogP) is 3.47. The number of benzene rings is 1. The molecule has 0 aliphatic rings. The van der Waals surface area contributed by atoms with E-state index in [9.17, 15) is 0 Å². The first-order chi connectivity index (χ1) is 8.69. The molecular formula is C13H14BrNO3.